The van der Waals surface area contributed by atoms with Crippen LogP contribution in [-0.2, 0) is 15.8 Å². The van der Waals surface area contributed by atoms with Crippen LogP contribution in [0.25, 0.3) is 0 Å². The van der Waals surface area contributed by atoms with E-state index >= 15 is 0 Å². The summed E-state index contributed by atoms with van der Waals surface area (Å²) in [5.74, 6) is -0.189. The second-order valence-electron chi connectivity index (χ2n) is 6.46. The molecule has 23 heavy (non-hydrogen) atoms. The Morgan fingerprint density at radius 1 is 1.04 bits per heavy atom. The number of alkyl halides is 3. The van der Waals surface area contributed by atoms with E-state index in [0.717, 1.165) is 31.4 Å². The standard InChI is InChI=1S/C17H18F3NO2/c18-17(19,20)13-4-6-14(7-5-13)21-16(23)12-8-10-2-1-3-11(9-12)15(10)22/h4-7,10-12H,1-3,8-9H2,(H,21,23)/t10-,11-/m1/s1. The van der Waals surface area contributed by atoms with E-state index in [4.69, 9.17) is 0 Å². The molecule has 0 aliphatic heterocycles. The zero-order valence-corrected chi connectivity index (χ0v) is 12.5. The molecule has 2 aliphatic carbocycles. The normalized spacial score (nSPS) is 27.6. The third kappa shape index (κ3) is 3.41. The highest BCUT2D eigenvalue weighted by atomic mass is 19.4. The molecule has 0 unspecified atom stereocenters. The van der Waals surface area contributed by atoms with Crippen LogP contribution >= 0.6 is 0 Å². The van der Waals surface area contributed by atoms with E-state index in [9.17, 15) is 22.8 Å². The van der Waals surface area contributed by atoms with Crippen LogP contribution in [0.2, 0.25) is 0 Å². The fourth-order valence-electron chi connectivity index (χ4n) is 3.68. The Bertz CT molecular complexity index is 593. The Hall–Kier alpha value is -1.85. The molecule has 1 aromatic carbocycles. The van der Waals surface area contributed by atoms with Crippen molar-refractivity contribution in [2.45, 2.75) is 38.3 Å². The van der Waals surface area contributed by atoms with E-state index in [1.807, 2.05) is 0 Å². The quantitative estimate of drug-likeness (QED) is 0.892. The molecule has 1 aromatic rings. The van der Waals surface area contributed by atoms with Crippen LogP contribution in [-0.4, -0.2) is 11.7 Å². The van der Waals surface area contributed by atoms with E-state index in [0.29, 0.717) is 18.5 Å². The fourth-order valence-corrected chi connectivity index (χ4v) is 3.68. The SMILES string of the molecule is O=C(Nc1ccc(C(F)(F)F)cc1)C1C[C@H]2CCC[C@H](C1)C2=O. The van der Waals surface area contributed by atoms with Crippen LogP contribution in [0.15, 0.2) is 24.3 Å². The number of nitrogens with one attached hydrogen (secondary N) is 1. The molecule has 2 fully saturated rings. The summed E-state index contributed by atoms with van der Waals surface area (Å²) < 4.78 is 37.6. The molecule has 124 valence electrons. The van der Waals surface area contributed by atoms with Gasteiger partial charge in [0.15, 0.2) is 0 Å². The van der Waals surface area contributed by atoms with Crippen molar-refractivity contribution in [1.82, 2.24) is 0 Å². The van der Waals surface area contributed by atoms with Crippen LogP contribution in [0.3, 0.4) is 0 Å². The van der Waals surface area contributed by atoms with Gasteiger partial charge in [-0.15, -0.1) is 0 Å². The predicted octanol–water partition coefficient (Wildman–Crippen LogP) is 4.04. The van der Waals surface area contributed by atoms with Crippen molar-refractivity contribution in [3.8, 4) is 0 Å². The minimum absolute atomic E-state index is 0.0224. The number of amides is 1. The molecule has 3 rings (SSSR count). The van der Waals surface area contributed by atoms with Crippen molar-refractivity contribution in [3.05, 3.63) is 29.8 Å². The number of Topliss-reactive ketones (excluding diaryl/α,β-unsaturated/α-hetero) is 1. The van der Waals surface area contributed by atoms with Crippen LogP contribution in [0, 0.1) is 17.8 Å². The van der Waals surface area contributed by atoms with Crippen LogP contribution in [0.5, 0.6) is 0 Å². The summed E-state index contributed by atoms with van der Waals surface area (Å²) >= 11 is 0. The molecule has 0 aromatic heterocycles. The first kappa shape index (κ1) is 16.0. The molecular formula is C17H18F3NO2. The van der Waals surface area contributed by atoms with Gasteiger partial charge in [0.05, 0.1) is 5.56 Å². The van der Waals surface area contributed by atoms with E-state index in [-0.39, 0.29) is 29.4 Å². The smallest absolute Gasteiger partial charge is 0.326 e. The average Bonchev–Trinajstić information content (AvgIpc) is 2.46. The molecule has 2 bridgehead atoms. The summed E-state index contributed by atoms with van der Waals surface area (Å²) in [6.07, 6.45) is -0.541. The maximum Gasteiger partial charge on any atom is 0.416 e. The molecule has 1 amide bonds. The number of anilines is 1. The second-order valence-corrected chi connectivity index (χ2v) is 6.46. The molecular weight excluding hydrogens is 307 g/mol. The Kier molecular flexibility index (Phi) is 4.17. The van der Waals surface area contributed by atoms with Gasteiger partial charge in [0.1, 0.15) is 5.78 Å². The van der Waals surface area contributed by atoms with Gasteiger partial charge >= 0.3 is 6.18 Å². The van der Waals surface area contributed by atoms with E-state index in [2.05, 4.69) is 5.32 Å². The summed E-state index contributed by atoms with van der Waals surface area (Å²) in [6, 6.07) is 4.43. The van der Waals surface area contributed by atoms with Crippen LogP contribution < -0.4 is 5.32 Å². The zero-order chi connectivity index (χ0) is 16.6. The van der Waals surface area contributed by atoms with Gasteiger partial charge in [0, 0.05) is 23.4 Å². The van der Waals surface area contributed by atoms with Gasteiger partial charge < -0.3 is 5.32 Å². The van der Waals surface area contributed by atoms with Gasteiger partial charge in [0.25, 0.3) is 0 Å². The molecule has 2 saturated carbocycles. The lowest BCUT2D eigenvalue weighted by Gasteiger charge is -2.36. The lowest BCUT2D eigenvalue weighted by molar-refractivity contribution is -0.138. The number of fused-ring (bicyclic) bond motifs is 2. The largest absolute Gasteiger partial charge is 0.416 e. The zero-order valence-electron chi connectivity index (χ0n) is 12.5. The summed E-state index contributed by atoms with van der Waals surface area (Å²) in [6.45, 7) is 0. The highest BCUT2D eigenvalue weighted by molar-refractivity contribution is 5.95. The molecule has 2 aliphatic rings. The van der Waals surface area contributed by atoms with Crippen molar-refractivity contribution in [2.75, 3.05) is 5.32 Å². The number of ketones is 1. The lowest BCUT2D eigenvalue weighted by Crippen LogP contribution is -2.40. The Labute approximate surface area is 132 Å². The summed E-state index contributed by atoms with van der Waals surface area (Å²) in [5.41, 5.74) is -0.390. The Balaban J connectivity index is 1.64. The first-order chi connectivity index (χ1) is 10.8. The van der Waals surface area contributed by atoms with Gasteiger partial charge in [0.2, 0.25) is 5.91 Å². The van der Waals surface area contributed by atoms with E-state index in [1.165, 1.54) is 12.1 Å². The van der Waals surface area contributed by atoms with Crippen molar-refractivity contribution in [1.29, 1.82) is 0 Å². The first-order valence-corrected chi connectivity index (χ1v) is 7.86. The Morgan fingerprint density at radius 2 is 1.61 bits per heavy atom. The minimum atomic E-state index is -4.39. The number of hydrogen-bond donors (Lipinski definition) is 1. The van der Waals surface area contributed by atoms with Crippen molar-refractivity contribution < 1.29 is 22.8 Å². The summed E-state index contributed by atoms with van der Waals surface area (Å²) in [7, 11) is 0. The van der Waals surface area contributed by atoms with E-state index in [1.54, 1.807) is 0 Å². The Morgan fingerprint density at radius 3 is 2.13 bits per heavy atom. The minimum Gasteiger partial charge on any atom is -0.326 e. The highest BCUT2D eigenvalue weighted by Gasteiger charge is 2.41. The van der Waals surface area contributed by atoms with Crippen molar-refractivity contribution in [2.24, 2.45) is 17.8 Å². The van der Waals surface area contributed by atoms with Gasteiger partial charge in [-0.3, -0.25) is 9.59 Å². The maximum absolute atomic E-state index is 12.5. The molecule has 6 heteroatoms. The number of rotatable bonds is 2. The van der Waals surface area contributed by atoms with Crippen molar-refractivity contribution >= 4 is 17.4 Å². The predicted molar refractivity (Wildman–Crippen MR) is 78.6 cm³/mol. The van der Waals surface area contributed by atoms with E-state index < -0.39 is 11.7 Å². The lowest BCUT2D eigenvalue weighted by atomic mass is 9.67. The summed E-state index contributed by atoms with van der Waals surface area (Å²) in [4.78, 5) is 24.4. The molecule has 0 saturated heterocycles. The number of benzene rings is 1. The average molecular weight is 325 g/mol. The van der Waals surface area contributed by atoms with Gasteiger partial charge in [-0.1, -0.05) is 6.42 Å². The topological polar surface area (TPSA) is 46.2 Å². The molecule has 0 spiro atoms. The number of halogens is 3. The molecule has 3 nitrogen and oxygen atoms in total. The van der Waals surface area contributed by atoms with Gasteiger partial charge in [-0.2, -0.15) is 13.2 Å². The fraction of sp³-hybridized carbons (Fsp3) is 0.529. The third-order valence-corrected chi connectivity index (χ3v) is 4.90. The monoisotopic (exact) mass is 325 g/mol. The number of carbonyl (C=O) groups is 2. The number of carbonyl (C=O) groups excluding carboxylic acids is 2. The molecule has 1 N–H and O–H groups in total. The third-order valence-electron chi connectivity index (χ3n) is 4.90. The van der Waals surface area contributed by atoms with Gasteiger partial charge in [-0.05, 0) is 49.9 Å². The van der Waals surface area contributed by atoms with Crippen LogP contribution in [0.1, 0.15) is 37.7 Å². The highest BCUT2D eigenvalue weighted by Crippen LogP contribution is 2.40. The van der Waals surface area contributed by atoms with Gasteiger partial charge in [-0.25, -0.2) is 0 Å². The second kappa shape index (κ2) is 5.98. The maximum atomic E-state index is 12.5. The summed E-state index contributed by atoms with van der Waals surface area (Å²) in [5, 5.41) is 2.68. The van der Waals surface area contributed by atoms with Crippen LogP contribution in [0.4, 0.5) is 18.9 Å². The molecule has 0 heterocycles. The number of hydrogen-bond acceptors (Lipinski definition) is 2. The first-order valence-electron chi connectivity index (χ1n) is 7.86. The molecule has 0 radical (unpaired) electrons. The van der Waals surface area contributed by atoms with Crippen molar-refractivity contribution in [3.63, 3.8) is 0 Å². The molecule has 2 atom stereocenters.